The lowest BCUT2D eigenvalue weighted by molar-refractivity contribution is 0.0514. The summed E-state index contributed by atoms with van der Waals surface area (Å²) in [6, 6.07) is 19.6. The molecule has 0 unspecified atom stereocenters. The highest BCUT2D eigenvalue weighted by molar-refractivity contribution is 5.36. The van der Waals surface area contributed by atoms with Crippen molar-refractivity contribution in [1.29, 1.82) is 0 Å². The fraction of sp³-hybridized carbons (Fsp3) is 0.250. The molecule has 0 aliphatic carbocycles. The van der Waals surface area contributed by atoms with Gasteiger partial charge in [0, 0.05) is 6.54 Å². The Hall–Kier alpha value is -1.64. The second-order valence-corrected chi connectivity index (χ2v) is 4.83. The monoisotopic (exact) mass is 241 g/mol. The minimum atomic E-state index is -0.966. The van der Waals surface area contributed by atoms with Gasteiger partial charge >= 0.3 is 0 Å². The Morgan fingerprint density at radius 3 is 1.56 bits per heavy atom. The van der Waals surface area contributed by atoms with Gasteiger partial charge < -0.3 is 10.0 Å². The van der Waals surface area contributed by atoms with E-state index in [0.717, 1.165) is 11.1 Å². The first-order chi connectivity index (χ1) is 8.63. The van der Waals surface area contributed by atoms with E-state index in [1.54, 1.807) is 0 Å². The lowest BCUT2D eigenvalue weighted by Crippen LogP contribution is -2.38. The molecule has 0 aliphatic heterocycles. The van der Waals surface area contributed by atoms with Crippen molar-refractivity contribution in [2.24, 2.45) is 0 Å². The van der Waals surface area contributed by atoms with Crippen LogP contribution in [-0.4, -0.2) is 30.6 Å². The smallest absolute Gasteiger partial charge is 0.127 e. The van der Waals surface area contributed by atoms with Crippen molar-refractivity contribution in [3.05, 3.63) is 71.8 Å². The summed E-state index contributed by atoms with van der Waals surface area (Å²) in [6.07, 6.45) is 0. The molecule has 1 N–H and O–H groups in total. The molecule has 0 aliphatic rings. The number of benzene rings is 2. The van der Waals surface area contributed by atoms with Crippen LogP contribution < -0.4 is 0 Å². The molecule has 18 heavy (non-hydrogen) atoms. The van der Waals surface area contributed by atoms with Gasteiger partial charge in [-0.3, -0.25) is 0 Å². The SMILES string of the molecule is CN(C)CC(O)(c1ccccc1)c1ccccc1. The summed E-state index contributed by atoms with van der Waals surface area (Å²) >= 11 is 0. The van der Waals surface area contributed by atoms with E-state index in [1.165, 1.54) is 0 Å². The number of hydrogen-bond acceptors (Lipinski definition) is 2. The lowest BCUT2D eigenvalue weighted by atomic mass is 9.86. The summed E-state index contributed by atoms with van der Waals surface area (Å²) in [4.78, 5) is 2.00. The molecular weight excluding hydrogens is 222 g/mol. The largest absolute Gasteiger partial charge is 0.379 e. The highest BCUT2D eigenvalue weighted by Crippen LogP contribution is 2.29. The van der Waals surface area contributed by atoms with E-state index in [0.29, 0.717) is 6.54 Å². The topological polar surface area (TPSA) is 23.5 Å². The zero-order chi connectivity index (χ0) is 13.0. The second kappa shape index (κ2) is 5.34. The predicted octanol–water partition coefficient (Wildman–Crippen LogP) is 2.48. The van der Waals surface area contributed by atoms with Gasteiger partial charge in [-0.05, 0) is 25.2 Å². The maximum absolute atomic E-state index is 11.1. The third kappa shape index (κ3) is 2.61. The molecule has 2 aromatic carbocycles. The van der Waals surface area contributed by atoms with Crippen LogP contribution in [0.2, 0.25) is 0 Å². The Bertz CT molecular complexity index is 439. The Morgan fingerprint density at radius 1 is 0.833 bits per heavy atom. The summed E-state index contributed by atoms with van der Waals surface area (Å²) < 4.78 is 0. The van der Waals surface area contributed by atoms with Gasteiger partial charge in [0.2, 0.25) is 0 Å². The van der Waals surface area contributed by atoms with E-state index >= 15 is 0 Å². The number of nitrogens with zero attached hydrogens (tertiary/aromatic N) is 1. The number of aliphatic hydroxyl groups is 1. The van der Waals surface area contributed by atoms with Crippen LogP contribution >= 0.6 is 0 Å². The van der Waals surface area contributed by atoms with Crippen LogP contribution in [0.3, 0.4) is 0 Å². The highest BCUT2D eigenvalue weighted by atomic mass is 16.3. The van der Waals surface area contributed by atoms with Gasteiger partial charge in [-0.2, -0.15) is 0 Å². The van der Waals surface area contributed by atoms with Gasteiger partial charge in [0.05, 0.1) is 0 Å². The van der Waals surface area contributed by atoms with Crippen molar-refractivity contribution in [2.45, 2.75) is 5.60 Å². The molecular formula is C16H19NO. The average molecular weight is 241 g/mol. The van der Waals surface area contributed by atoms with Gasteiger partial charge in [-0.1, -0.05) is 60.7 Å². The molecule has 0 spiro atoms. The van der Waals surface area contributed by atoms with Crippen molar-refractivity contribution in [1.82, 2.24) is 4.90 Å². The molecule has 0 amide bonds. The molecule has 0 saturated carbocycles. The number of hydrogen-bond donors (Lipinski definition) is 1. The number of likely N-dealkylation sites (N-methyl/N-ethyl adjacent to an activating group) is 1. The van der Waals surface area contributed by atoms with Gasteiger partial charge in [-0.15, -0.1) is 0 Å². The molecule has 0 fully saturated rings. The van der Waals surface area contributed by atoms with Crippen LogP contribution in [0.4, 0.5) is 0 Å². The normalized spacial score (nSPS) is 11.8. The van der Waals surface area contributed by atoms with Crippen molar-refractivity contribution < 1.29 is 5.11 Å². The van der Waals surface area contributed by atoms with Gasteiger partial charge in [-0.25, -0.2) is 0 Å². The molecule has 2 rings (SSSR count). The van der Waals surface area contributed by atoms with Crippen molar-refractivity contribution in [3.63, 3.8) is 0 Å². The average Bonchev–Trinajstić information content (AvgIpc) is 2.40. The minimum absolute atomic E-state index is 0.557. The van der Waals surface area contributed by atoms with Crippen LogP contribution in [0, 0.1) is 0 Å². The highest BCUT2D eigenvalue weighted by Gasteiger charge is 2.31. The zero-order valence-electron chi connectivity index (χ0n) is 10.9. The maximum atomic E-state index is 11.1. The predicted molar refractivity (Wildman–Crippen MR) is 74.4 cm³/mol. The van der Waals surface area contributed by atoms with Gasteiger partial charge in [0.15, 0.2) is 0 Å². The standard InChI is InChI=1S/C16H19NO/c1-17(2)13-16(18,14-9-5-3-6-10-14)15-11-7-4-8-12-15/h3-12,18H,13H2,1-2H3. The van der Waals surface area contributed by atoms with E-state index in [9.17, 15) is 5.11 Å². The van der Waals surface area contributed by atoms with Crippen LogP contribution in [0.25, 0.3) is 0 Å². The fourth-order valence-electron chi connectivity index (χ4n) is 2.23. The Labute approximate surface area is 109 Å². The Balaban J connectivity index is 2.48. The summed E-state index contributed by atoms with van der Waals surface area (Å²) in [5, 5.41) is 11.1. The summed E-state index contributed by atoms with van der Waals surface area (Å²) in [7, 11) is 3.94. The van der Waals surface area contributed by atoms with Crippen LogP contribution in [0.1, 0.15) is 11.1 Å². The summed E-state index contributed by atoms with van der Waals surface area (Å²) in [5.74, 6) is 0. The van der Waals surface area contributed by atoms with Gasteiger partial charge in [0.1, 0.15) is 5.60 Å². The summed E-state index contributed by atoms with van der Waals surface area (Å²) in [5.41, 5.74) is 0.876. The fourth-order valence-corrected chi connectivity index (χ4v) is 2.23. The first kappa shape index (κ1) is 12.8. The second-order valence-electron chi connectivity index (χ2n) is 4.83. The van der Waals surface area contributed by atoms with Crippen molar-refractivity contribution in [2.75, 3.05) is 20.6 Å². The van der Waals surface area contributed by atoms with E-state index in [-0.39, 0.29) is 0 Å². The van der Waals surface area contributed by atoms with Crippen LogP contribution in [-0.2, 0) is 5.60 Å². The Morgan fingerprint density at radius 2 is 1.22 bits per heavy atom. The zero-order valence-corrected chi connectivity index (χ0v) is 10.9. The molecule has 0 heterocycles. The molecule has 0 atom stereocenters. The van der Waals surface area contributed by atoms with E-state index in [2.05, 4.69) is 0 Å². The van der Waals surface area contributed by atoms with Crippen molar-refractivity contribution in [3.8, 4) is 0 Å². The molecule has 0 radical (unpaired) electrons. The van der Waals surface area contributed by atoms with Crippen LogP contribution in [0.15, 0.2) is 60.7 Å². The molecule has 2 nitrogen and oxygen atoms in total. The molecule has 0 aromatic heterocycles. The number of rotatable bonds is 4. The molecule has 2 aromatic rings. The van der Waals surface area contributed by atoms with E-state index < -0.39 is 5.60 Å². The third-order valence-electron chi connectivity index (χ3n) is 3.05. The first-order valence-corrected chi connectivity index (χ1v) is 6.11. The maximum Gasteiger partial charge on any atom is 0.127 e. The van der Waals surface area contributed by atoms with Crippen LogP contribution in [0.5, 0.6) is 0 Å². The third-order valence-corrected chi connectivity index (χ3v) is 3.05. The van der Waals surface area contributed by atoms with E-state index in [4.69, 9.17) is 0 Å². The first-order valence-electron chi connectivity index (χ1n) is 6.11. The van der Waals surface area contributed by atoms with E-state index in [1.807, 2.05) is 79.7 Å². The lowest BCUT2D eigenvalue weighted by Gasteiger charge is -2.32. The van der Waals surface area contributed by atoms with Crippen molar-refractivity contribution >= 4 is 0 Å². The molecule has 0 bridgehead atoms. The Kier molecular flexibility index (Phi) is 3.80. The molecule has 2 heteroatoms. The molecule has 94 valence electrons. The quantitative estimate of drug-likeness (QED) is 0.889. The molecule has 0 saturated heterocycles. The van der Waals surface area contributed by atoms with Gasteiger partial charge in [0.25, 0.3) is 0 Å². The minimum Gasteiger partial charge on any atom is -0.379 e. The summed E-state index contributed by atoms with van der Waals surface area (Å²) in [6.45, 7) is 0.557.